The summed E-state index contributed by atoms with van der Waals surface area (Å²) in [6.07, 6.45) is 3.03. The van der Waals surface area contributed by atoms with Gasteiger partial charge in [0, 0.05) is 28.2 Å². The third kappa shape index (κ3) is 3.70. The molecule has 4 heteroatoms. The summed E-state index contributed by atoms with van der Waals surface area (Å²) < 4.78 is 5.73. The Labute approximate surface area is 92.9 Å². The Bertz CT molecular complexity index is 216. The Morgan fingerprint density at radius 1 is 1.20 bits per heavy atom. The molecule has 0 aromatic carbocycles. The van der Waals surface area contributed by atoms with E-state index < -0.39 is 0 Å². The van der Waals surface area contributed by atoms with Crippen LogP contribution in [0, 0.1) is 0 Å². The van der Waals surface area contributed by atoms with Crippen molar-refractivity contribution in [3.8, 4) is 0 Å². The van der Waals surface area contributed by atoms with Crippen molar-refractivity contribution in [3.05, 3.63) is 0 Å². The number of aliphatic imine (C=N–C) groups is 1. The van der Waals surface area contributed by atoms with Crippen molar-refractivity contribution in [2.75, 3.05) is 34.7 Å². The molecule has 0 aromatic rings. The van der Waals surface area contributed by atoms with E-state index in [1.807, 2.05) is 38.0 Å². The molecule has 0 bridgehead atoms. The van der Waals surface area contributed by atoms with Crippen molar-refractivity contribution in [3.63, 3.8) is 0 Å². The van der Waals surface area contributed by atoms with Gasteiger partial charge in [0.05, 0.1) is 18.8 Å². The SMILES string of the molecule is CC1CCC(CN=C(N(C)C)N(C)C)O1. The molecular weight excluding hydrogens is 190 g/mol. The molecule has 2 unspecified atom stereocenters. The van der Waals surface area contributed by atoms with Gasteiger partial charge in [-0.05, 0) is 19.8 Å². The number of nitrogens with zero attached hydrogens (tertiary/aromatic N) is 3. The first-order chi connectivity index (χ1) is 7.00. The van der Waals surface area contributed by atoms with Crippen LogP contribution in [0.5, 0.6) is 0 Å². The van der Waals surface area contributed by atoms with E-state index in [0.29, 0.717) is 12.2 Å². The largest absolute Gasteiger partial charge is 0.373 e. The third-order valence-electron chi connectivity index (χ3n) is 2.56. The molecule has 4 nitrogen and oxygen atoms in total. The summed E-state index contributed by atoms with van der Waals surface area (Å²) >= 11 is 0. The van der Waals surface area contributed by atoms with Crippen LogP contribution in [0.15, 0.2) is 4.99 Å². The van der Waals surface area contributed by atoms with Crippen LogP contribution >= 0.6 is 0 Å². The van der Waals surface area contributed by atoms with Crippen molar-refractivity contribution >= 4 is 5.96 Å². The second-order valence-electron chi connectivity index (χ2n) is 4.58. The highest BCUT2D eigenvalue weighted by Gasteiger charge is 2.21. The number of rotatable bonds is 2. The van der Waals surface area contributed by atoms with Crippen LogP contribution in [0.4, 0.5) is 0 Å². The maximum Gasteiger partial charge on any atom is 0.195 e. The van der Waals surface area contributed by atoms with Crippen molar-refractivity contribution < 1.29 is 4.74 Å². The fraction of sp³-hybridized carbons (Fsp3) is 0.909. The molecule has 0 amide bonds. The normalized spacial score (nSPS) is 25.1. The van der Waals surface area contributed by atoms with Gasteiger partial charge in [-0.3, -0.25) is 4.99 Å². The molecular formula is C11H23N3O. The minimum absolute atomic E-state index is 0.315. The Morgan fingerprint density at radius 3 is 2.20 bits per heavy atom. The average molecular weight is 213 g/mol. The molecule has 1 saturated heterocycles. The fourth-order valence-electron chi connectivity index (χ4n) is 1.89. The average Bonchev–Trinajstić information content (AvgIpc) is 2.50. The predicted molar refractivity (Wildman–Crippen MR) is 63.2 cm³/mol. The van der Waals surface area contributed by atoms with Gasteiger partial charge in [-0.25, -0.2) is 0 Å². The van der Waals surface area contributed by atoms with Crippen molar-refractivity contribution in [1.29, 1.82) is 0 Å². The minimum Gasteiger partial charge on any atom is -0.373 e. The number of ether oxygens (including phenoxy) is 1. The number of hydrogen-bond donors (Lipinski definition) is 0. The van der Waals surface area contributed by atoms with Crippen molar-refractivity contribution in [2.24, 2.45) is 4.99 Å². The summed E-state index contributed by atoms with van der Waals surface area (Å²) in [5.74, 6) is 0.998. The topological polar surface area (TPSA) is 28.1 Å². The van der Waals surface area contributed by atoms with Crippen molar-refractivity contribution in [1.82, 2.24) is 9.80 Å². The molecule has 0 aromatic heterocycles. The Kier molecular flexibility index (Phi) is 4.39. The van der Waals surface area contributed by atoms with Gasteiger partial charge in [-0.2, -0.15) is 0 Å². The summed E-state index contributed by atoms with van der Waals surface area (Å²) in [7, 11) is 8.04. The maximum absolute atomic E-state index is 5.73. The van der Waals surface area contributed by atoms with E-state index in [4.69, 9.17) is 4.74 Å². The highest BCUT2D eigenvalue weighted by atomic mass is 16.5. The van der Waals surface area contributed by atoms with Gasteiger partial charge in [0.1, 0.15) is 0 Å². The molecule has 0 N–H and O–H groups in total. The molecule has 0 spiro atoms. The van der Waals surface area contributed by atoms with E-state index in [1.165, 1.54) is 6.42 Å². The first kappa shape index (κ1) is 12.3. The molecule has 1 heterocycles. The first-order valence-corrected chi connectivity index (χ1v) is 5.55. The highest BCUT2D eigenvalue weighted by molar-refractivity contribution is 5.79. The van der Waals surface area contributed by atoms with E-state index in [0.717, 1.165) is 18.9 Å². The third-order valence-corrected chi connectivity index (χ3v) is 2.56. The highest BCUT2D eigenvalue weighted by Crippen LogP contribution is 2.19. The van der Waals surface area contributed by atoms with E-state index in [9.17, 15) is 0 Å². The minimum atomic E-state index is 0.315. The fourth-order valence-corrected chi connectivity index (χ4v) is 1.89. The molecule has 0 radical (unpaired) electrons. The molecule has 1 aliphatic rings. The lowest BCUT2D eigenvalue weighted by molar-refractivity contribution is 0.0613. The Hall–Kier alpha value is -0.770. The molecule has 1 fully saturated rings. The smallest absolute Gasteiger partial charge is 0.195 e. The van der Waals surface area contributed by atoms with Gasteiger partial charge in [-0.15, -0.1) is 0 Å². The maximum atomic E-state index is 5.73. The van der Waals surface area contributed by atoms with E-state index in [-0.39, 0.29) is 0 Å². The molecule has 1 rings (SSSR count). The van der Waals surface area contributed by atoms with E-state index in [1.54, 1.807) is 0 Å². The second kappa shape index (κ2) is 5.35. The zero-order chi connectivity index (χ0) is 11.4. The molecule has 1 aliphatic heterocycles. The molecule has 88 valence electrons. The van der Waals surface area contributed by atoms with E-state index in [2.05, 4.69) is 11.9 Å². The van der Waals surface area contributed by atoms with Crippen LogP contribution in [0.3, 0.4) is 0 Å². The summed E-state index contributed by atoms with van der Waals surface area (Å²) in [6.45, 7) is 2.90. The molecule has 0 saturated carbocycles. The molecule has 0 aliphatic carbocycles. The predicted octanol–water partition coefficient (Wildman–Crippen LogP) is 1.03. The second-order valence-corrected chi connectivity index (χ2v) is 4.58. The Morgan fingerprint density at radius 2 is 1.80 bits per heavy atom. The Balaban J connectivity index is 2.46. The van der Waals surface area contributed by atoms with Crippen LogP contribution in [0.25, 0.3) is 0 Å². The lowest BCUT2D eigenvalue weighted by Gasteiger charge is -2.23. The number of guanidine groups is 1. The molecule has 15 heavy (non-hydrogen) atoms. The summed E-state index contributed by atoms with van der Waals surface area (Å²) in [4.78, 5) is 8.64. The lowest BCUT2D eigenvalue weighted by atomic mass is 10.2. The monoisotopic (exact) mass is 213 g/mol. The standard InChI is InChI=1S/C11H23N3O/c1-9-6-7-10(15-9)8-12-11(13(2)3)14(4)5/h9-10H,6-8H2,1-5H3. The van der Waals surface area contributed by atoms with Gasteiger partial charge < -0.3 is 14.5 Å². The van der Waals surface area contributed by atoms with Gasteiger partial charge in [0.25, 0.3) is 0 Å². The van der Waals surface area contributed by atoms with Crippen LogP contribution in [0.1, 0.15) is 19.8 Å². The van der Waals surface area contributed by atoms with Gasteiger partial charge in [0.15, 0.2) is 5.96 Å². The number of hydrogen-bond acceptors (Lipinski definition) is 2. The first-order valence-electron chi connectivity index (χ1n) is 5.55. The quantitative estimate of drug-likeness (QED) is 0.506. The van der Waals surface area contributed by atoms with Crippen LogP contribution < -0.4 is 0 Å². The summed E-state index contributed by atoms with van der Waals surface area (Å²) in [5, 5.41) is 0. The summed E-state index contributed by atoms with van der Waals surface area (Å²) in [6, 6.07) is 0. The van der Waals surface area contributed by atoms with Gasteiger partial charge in [0.2, 0.25) is 0 Å². The molecule has 2 atom stereocenters. The van der Waals surface area contributed by atoms with E-state index >= 15 is 0 Å². The summed E-state index contributed by atoms with van der Waals surface area (Å²) in [5.41, 5.74) is 0. The van der Waals surface area contributed by atoms with Crippen LogP contribution in [0.2, 0.25) is 0 Å². The zero-order valence-electron chi connectivity index (χ0n) is 10.5. The van der Waals surface area contributed by atoms with Crippen molar-refractivity contribution in [2.45, 2.75) is 32.0 Å². The zero-order valence-corrected chi connectivity index (χ0v) is 10.5. The van der Waals surface area contributed by atoms with Crippen LogP contribution in [-0.4, -0.2) is 62.7 Å². The lowest BCUT2D eigenvalue weighted by Crippen LogP contribution is -2.36. The van der Waals surface area contributed by atoms with Crippen LogP contribution in [-0.2, 0) is 4.74 Å². The van der Waals surface area contributed by atoms with Gasteiger partial charge in [-0.1, -0.05) is 0 Å². The van der Waals surface area contributed by atoms with Gasteiger partial charge >= 0.3 is 0 Å².